The molecule has 23 heavy (non-hydrogen) atoms. The second kappa shape index (κ2) is 6.02. The van der Waals surface area contributed by atoms with Gasteiger partial charge in [-0.15, -0.1) is 0 Å². The number of ether oxygens (including phenoxy) is 1. The first-order chi connectivity index (χ1) is 10.9. The van der Waals surface area contributed by atoms with E-state index in [9.17, 15) is 8.42 Å². The molecule has 1 heterocycles. The predicted molar refractivity (Wildman–Crippen MR) is 86.9 cm³/mol. The number of rotatable bonds is 6. The zero-order chi connectivity index (χ0) is 16.6. The minimum absolute atomic E-state index is 0.218. The molecular formula is C17H21NO4S. The second-order valence-electron chi connectivity index (χ2n) is 6.06. The molecule has 1 aliphatic rings. The van der Waals surface area contributed by atoms with Crippen LogP contribution in [0.15, 0.2) is 45.7 Å². The lowest BCUT2D eigenvalue weighted by molar-refractivity contribution is 0.389. The lowest BCUT2D eigenvalue weighted by Crippen LogP contribution is -2.26. The molecule has 0 amide bonds. The van der Waals surface area contributed by atoms with E-state index in [-0.39, 0.29) is 11.4 Å². The zero-order valence-electron chi connectivity index (χ0n) is 13.5. The molecule has 1 aromatic heterocycles. The van der Waals surface area contributed by atoms with Gasteiger partial charge in [-0.2, -0.15) is 4.31 Å². The quantitative estimate of drug-likeness (QED) is 0.813. The second-order valence-corrected chi connectivity index (χ2v) is 8.11. The fourth-order valence-corrected chi connectivity index (χ4v) is 3.77. The molecule has 1 aliphatic carbocycles. The van der Waals surface area contributed by atoms with E-state index in [1.807, 2.05) is 12.1 Å². The van der Waals surface area contributed by atoms with Crippen LogP contribution in [0.5, 0.6) is 5.75 Å². The molecule has 0 radical (unpaired) electrons. The summed E-state index contributed by atoms with van der Waals surface area (Å²) in [4.78, 5) is 0.239. The first-order valence-corrected chi connectivity index (χ1v) is 9.05. The van der Waals surface area contributed by atoms with Crippen LogP contribution in [0, 0.1) is 5.92 Å². The third-order valence-corrected chi connectivity index (χ3v) is 6.12. The highest BCUT2D eigenvalue weighted by molar-refractivity contribution is 7.89. The Hall–Kier alpha value is -1.79. The number of benzene rings is 1. The van der Waals surface area contributed by atoms with Crippen molar-refractivity contribution in [2.45, 2.75) is 30.7 Å². The largest absolute Gasteiger partial charge is 0.497 e. The maximum absolute atomic E-state index is 12.6. The van der Waals surface area contributed by atoms with Crippen LogP contribution in [0.1, 0.15) is 30.8 Å². The van der Waals surface area contributed by atoms with E-state index in [4.69, 9.17) is 9.15 Å². The predicted octanol–water partition coefficient (Wildman–Crippen LogP) is 3.23. The van der Waals surface area contributed by atoms with Gasteiger partial charge in [-0.05, 0) is 48.7 Å². The molecular weight excluding hydrogens is 314 g/mol. The number of hydrogen-bond donors (Lipinski definition) is 0. The summed E-state index contributed by atoms with van der Waals surface area (Å²) in [6, 6.07) is 10.2. The Kier molecular flexibility index (Phi) is 4.21. The van der Waals surface area contributed by atoms with Gasteiger partial charge in [0.15, 0.2) is 0 Å². The number of methoxy groups -OCH3 is 1. The Balaban J connectivity index is 1.72. The molecule has 6 heteroatoms. The van der Waals surface area contributed by atoms with E-state index in [1.54, 1.807) is 38.4 Å². The van der Waals surface area contributed by atoms with Crippen molar-refractivity contribution < 1.29 is 17.6 Å². The van der Waals surface area contributed by atoms with Gasteiger partial charge in [0.1, 0.15) is 17.3 Å². The molecule has 2 atom stereocenters. The minimum atomic E-state index is -3.55. The van der Waals surface area contributed by atoms with E-state index >= 15 is 0 Å². The summed E-state index contributed by atoms with van der Waals surface area (Å²) in [6.45, 7) is 2.41. The number of sulfonamides is 1. The average molecular weight is 335 g/mol. The van der Waals surface area contributed by atoms with Gasteiger partial charge in [-0.3, -0.25) is 0 Å². The Morgan fingerprint density at radius 3 is 2.43 bits per heavy atom. The SMILES string of the molecule is COc1ccc(S(=O)(=O)N(C)Cc2ccc([C@@H]3C[C@H]3C)o2)cc1. The van der Waals surface area contributed by atoms with Crippen LogP contribution in [-0.2, 0) is 16.6 Å². The molecule has 1 fully saturated rings. The Bertz CT molecular complexity index is 779. The van der Waals surface area contributed by atoms with Crippen LogP contribution >= 0.6 is 0 Å². The van der Waals surface area contributed by atoms with Crippen molar-refractivity contribution >= 4 is 10.0 Å². The van der Waals surface area contributed by atoms with Gasteiger partial charge in [-0.1, -0.05) is 6.92 Å². The highest BCUT2D eigenvalue weighted by Crippen LogP contribution is 2.47. The Morgan fingerprint density at radius 2 is 1.87 bits per heavy atom. The van der Waals surface area contributed by atoms with E-state index < -0.39 is 10.0 Å². The van der Waals surface area contributed by atoms with Crippen LogP contribution in [0.2, 0.25) is 0 Å². The van der Waals surface area contributed by atoms with Gasteiger partial charge in [0.2, 0.25) is 10.0 Å². The van der Waals surface area contributed by atoms with Crippen molar-refractivity contribution in [1.29, 1.82) is 0 Å². The van der Waals surface area contributed by atoms with Gasteiger partial charge in [0.05, 0.1) is 18.6 Å². The van der Waals surface area contributed by atoms with Gasteiger partial charge in [-0.25, -0.2) is 8.42 Å². The van der Waals surface area contributed by atoms with Crippen molar-refractivity contribution in [3.8, 4) is 5.75 Å². The van der Waals surface area contributed by atoms with Crippen LogP contribution in [0.4, 0.5) is 0 Å². The number of furan rings is 1. The van der Waals surface area contributed by atoms with Gasteiger partial charge in [0.25, 0.3) is 0 Å². The molecule has 0 unspecified atom stereocenters. The third kappa shape index (κ3) is 3.28. The first kappa shape index (κ1) is 16.1. The smallest absolute Gasteiger partial charge is 0.243 e. The van der Waals surface area contributed by atoms with Gasteiger partial charge in [0, 0.05) is 13.0 Å². The molecule has 124 valence electrons. The van der Waals surface area contributed by atoms with E-state index in [1.165, 1.54) is 4.31 Å². The molecule has 0 N–H and O–H groups in total. The average Bonchev–Trinajstić information content (AvgIpc) is 3.09. The first-order valence-electron chi connectivity index (χ1n) is 7.61. The monoisotopic (exact) mass is 335 g/mol. The molecule has 0 aliphatic heterocycles. The molecule has 0 bridgehead atoms. The van der Waals surface area contributed by atoms with Crippen molar-refractivity contribution in [2.24, 2.45) is 5.92 Å². The topological polar surface area (TPSA) is 59.8 Å². The summed E-state index contributed by atoms with van der Waals surface area (Å²) in [6.07, 6.45) is 1.15. The van der Waals surface area contributed by atoms with Gasteiger partial charge >= 0.3 is 0 Å². The number of nitrogens with zero attached hydrogens (tertiary/aromatic N) is 1. The molecule has 1 aromatic carbocycles. The highest BCUT2D eigenvalue weighted by Gasteiger charge is 2.36. The van der Waals surface area contributed by atoms with Crippen molar-refractivity contribution in [2.75, 3.05) is 14.2 Å². The Labute approximate surface area is 136 Å². The van der Waals surface area contributed by atoms with Crippen molar-refractivity contribution in [3.05, 3.63) is 47.9 Å². The minimum Gasteiger partial charge on any atom is -0.497 e. The van der Waals surface area contributed by atoms with Crippen LogP contribution in [-0.4, -0.2) is 26.9 Å². The number of hydrogen-bond acceptors (Lipinski definition) is 4. The maximum Gasteiger partial charge on any atom is 0.243 e. The third-order valence-electron chi connectivity index (χ3n) is 4.30. The van der Waals surface area contributed by atoms with Crippen molar-refractivity contribution in [3.63, 3.8) is 0 Å². The summed E-state index contributed by atoms with van der Waals surface area (Å²) >= 11 is 0. The summed E-state index contributed by atoms with van der Waals surface area (Å²) < 4.78 is 37.3. The zero-order valence-corrected chi connectivity index (χ0v) is 14.3. The Morgan fingerprint density at radius 1 is 1.22 bits per heavy atom. The van der Waals surface area contributed by atoms with Crippen molar-refractivity contribution in [1.82, 2.24) is 4.31 Å². The summed E-state index contributed by atoms with van der Waals surface area (Å²) in [7, 11) is -0.447. The maximum atomic E-state index is 12.6. The molecule has 5 nitrogen and oxygen atoms in total. The van der Waals surface area contributed by atoms with Crippen LogP contribution in [0.3, 0.4) is 0 Å². The lowest BCUT2D eigenvalue weighted by Gasteiger charge is -2.16. The molecule has 0 spiro atoms. The summed E-state index contributed by atoms with van der Waals surface area (Å²) in [5.74, 6) is 3.41. The summed E-state index contributed by atoms with van der Waals surface area (Å²) in [5, 5.41) is 0. The fraction of sp³-hybridized carbons (Fsp3) is 0.412. The van der Waals surface area contributed by atoms with E-state index in [0.29, 0.717) is 23.3 Å². The van der Waals surface area contributed by atoms with E-state index in [0.717, 1.165) is 12.2 Å². The van der Waals surface area contributed by atoms with E-state index in [2.05, 4.69) is 6.92 Å². The molecule has 1 saturated carbocycles. The fourth-order valence-electron chi connectivity index (χ4n) is 2.63. The summed E-state index contributed by atoms with van der Waals surface area (Å²) in [5.41, 5.74) is 0. The molecule has 2 aromatic rings. The normalized spacial score (nSPS) is 20.7. The highest BCUT2D eigenvalue weighted by atomic mass is 32.2. The van der Waals surface area contributed by atoms with Crippen LogP contribution < -0.4 is 4.74 Å². The molecule has 0 saturated heterocycles. The standard InChI is InChI=1S/C17H21NO4S/c1-12-10-16(12)17-9-6-14(22-17)11-18(2)23(19,20)15-7-4-13(21-3)5-8-15/h4-9,12,16H,10-11H2,1-3H3/t12-,16-/m1/s1. The molecule has 3 rings (SSSR count). The lowest BCUT2D eigenvalue weighted by atomic mass is 10.3. The van der Waals surface area contributed by atoms with Gasteiger partial charge < -0.3 is 9.15 Å². The van der Waals surface area contributed by atoms with Crippen LogP contribution in [0.25, 0.3) is 0 Å².